The number of piperidine rings is 1. The number of halogens is 3. The van der Waals surface area contributed by atoms with E-state index in [-0.39, 0.29) is 30.0 Å². The zero-order valence-corrected chi connectivity index (χ0v) is 23.6. The lowest BCUT2D eigenvalue weighted by atomic mass is 9.85. The predicted molar refractivity (Wildman–Crippen MR) is 142 cm³/mol. The molecule has 1 aromatic heterocycles. The third kappa shape index (κ3) is 5.27. The van der Waals surface area contributed by atoms with Crippen molar-refractivity contribution >= 4 is 28.8 Å². The Hall–Kier alpha value is -3.95. The molecule has 3 N–H and O–H groups in total. The van der Waals surface area contributed by atoms with Crippen LogP contribution in [0.3, 0.4) is 0 Å². The first-order valence-electron chi connectivity index (χ1n) is 13.2. The fourth-order valence-electron chi connectivity index (χ4n) is 6.12. The van der Waals surface area contributed by atoms with Crippen LogP contribution in [0.1, 0.15) is 47.2 Å². The van der Waals surface area contributed by atoms with Gasteiger partial charge in [-0.05, 0) is 28.4 Å². The fourth-order valence-corrected chi connectivity index (χ4v) is 6.12. The van der Waals surface area contributed by atoms with Crippen LogP contribution in [0.25, 0.3) is 11.0 Å². The molecule has 4 rings (SSSR count). The third-order valence-electron chi connectivity index (χ3n) is 8.74. The van der Waals surface area contributed by atoms with Crippen molar-refractivity contribution in [3.63, 3.8) is 0 Å². The van der Waals surface area contributed by atoms with Crippen molar-refractivity contribution in [2.24, 2.45) is 22.2 Å². The molecule has 41 heavy (non-hydrogen) atoms. The van der Waals surface area contributed by atoms with Gasteiger partial charge in [0.15, 0.2) is 0 Å². The Morgan fingerprint density at radius 1 is 1.17 bits per heavy atom. The van der Waals surface area contributed by atoms with E-state index in [0.29, 0.717) is 11.0 Å². The molecule has 2 aliphatic rings. The molecule has 3 amide bonds. The number of hydrogen-bond acceptors (Lipinski definition) is 6. The number of aromatic nitrogens is 2. The number of amides is 3. The Labute approximate surface area is 234 Å². The summed E-state index contributed by atoms with van der Waals surface area (Å²) in [6, 6.07) is 4.96. The lowest BCUT2D eigenvalue weighted by molar-refractivity contribution is -0.176. The number of alkyl halides is 3. The standard InChI is InChI=1S/C28H33F3N6O4/c1-25(2,3)20(36-24(41)28(29,30)31)23(40)37-13-27(6)19(26(27,4)5)18(37)22(39)33-14(12-32)11-17-21(38)35-16-10-8-7-9-15(16)34-17/h7-10,14,18-20H,11,13H2,1-6H3,(H,33,39)(H,35,38)(H,36,41)/t14-,18+,19+,20-,27+/m1/s1. The first kappa shape index (κ1) is 30.0. The monoisotopic (exact) mass is 574 g/mol. The number of rotatable bonds is 6. The van der Waals surface area contributed by atoms with Gasteiger partial charge < -0.3 is 20.5 Å². The lowest BCUT2D eigenvalue weighted by Crippen LogP contribution is -2.61. The van der Waals surface area contributed by atoms with Crippen molar-refractivity contribution < 1.29 is 27.6 Å². The Morgan fingerprint density at radius 2 is 1.80 bits per heavy atom. The fraction of sp³-hybridized carbons (Fsp3) is 0.571. The summed E-state index contributed by atoms with van der Waals surface area (Å²) in [6.07, 6.45) is -5.41. The van der Waals surface area contributed by atoms with E-state index in [1.807, 2.05) is 32.2 Å². The zero-order chi connectivity index (χ0) is 30.7. The summed E-state index contributed by atoms with van der Waals surface area (Å²) in [5.74, 6) is -4.09. The van der Waals surface area contributed by atoms with Gasteiger partial charge in [0.25, 0.3) is 5.56 Å². The molecule has 1 aliphatic carbocycles. The first-order valence-corrected chi connectivity index (χ1v) is 13.2. The smallest absolute Gasteiger partial charge is 0.338 e. The molecule has 13 heteroatoms. The minimum atomic E-state index is -5.20. The molecule has 1 aliphatic heterocycles. The number of hydrogen-bond donors (Lipinski definition) is 3. The molecule has 10 nitrogen and oxygen atoms in total. The van der Waals surface area contributed by atoms with Crippen LogP contribution in [0.15, 0.2) is 29.1 Å². The molecule has 1 saturated heterocycles. The number of nitriles is 1. The van der Waals surface area contributed by atoms with Crippen molar-refractivity contribution in [3.8, 4) is 6.07 Å². The molecular weight excluding hydrogens is 541 g/mol. The van der Waals surface area contributed by atoms with Crippen LogP contribution in [0.2, 0.25) is 0 Å². The van der Waals surface area contributed by atoms with E-state index in [9.17, 15) is 37.6 Å². The second-order valence-corrected chi connectivity index (χ2v) is 12.7. The highest BCUT2D eigenvalue weighted by Crippen LogP contribution is 2.74. The number of fused-ring (bicyclic) bond motifs is 2. The highest BCUT2D eigenvalue weighted by Gasteiger charge is 2.77. The molecule has 0 unspecified atom stereocenters. The van der Waals surface area contributed by atoms with E-state index in [2.05, 4.69) is 15.3 Å². The number of para-hydroxylation sites is 2. The van der Waals surface area contributed by atoms with Crippen LogP contribution < -0.4 is 16.2 Å². The Kier molecular flexibility index (Phi) is 7.21. The van der Waals surface area contributed by atoms with Gasteiger partial charge in [0.05, 0.1) is 17.1 Å². The summed E-state index contributed by atoms with van der Waals surface area (Å²) in [7, 11) is 0. The van der Waals surface area contributed by atoms with Crippen molar-refractivity contribution in [2.45, 2.75) is 72.3 Å². The van der Waals surface area contributed by atoms with Crippen LogP contribution in [0.4, 0.5) is 13.2 Å². The predicted octanol–water partition coefficient (Wildman–Crippen LogP) is 2.44. The topological polar surface area (TPSA) is 148 Å². The minimum Gasteiger partial charge on any atom is -0.338 e. The van der Waals surface area contributed by atoms with Gasteiger partial charge in [-0.1, -0.05) is 53.7 Å². The van der Waals surface area contributed by atoms with E-state index >= 15 is 0 Å². The van der Waals surface area contributed by atoms with Crippen molar-refractivity contribution in [1.29, 1.82) is 5.26 Å². The molecule has 2 fully saturated rings. The van der Waals surface area contributed by atoms with Crippen molar-refractivity contribution in [1.82, 2.24) is 25.5 Å². The summed E-state index contributed by atoms with van der Waals surface area (Å²) in [5.41, 5.74) is -1.46. The molecule has 1 aromatic carbocycles. The normalized spacial score (nSPS) is 24.6. The summed E-state index contributed by atoms with van der Waals surface area (Å²) >= 11 is 0. The second kappa shape index (κ2) is 9.85. The number of H-pyrrole nitrogens is 1. The van der Waals surface area contributed by atoms with Crippen molar-refractivity contribution in [3.05, 3.63) is 40.3 Å². The van der Waals surface area contributed by atoms with Gasteiger partial charge in [-0.15, -0.1) is 0 Å². The molecular formula is C28H33F3N6O4. The number of carbonyl (C=O) groups is 3. The highest BCUT2D eigenvalue weighted by atomic mass is 19.4. The maximum absolute atomic E-state index is 13.7. The number of nitrogens with zero attached hydrogens (tertiary/aromatic N) is 3. The molecule has 5 atom stereocenters. The molecule has 2 aromatic rings. The minimum absolute atomic E-state index is 0.0363. The van der Waals surface area contributed by atoms with Crippen LogP contribution >= 0.6 is 0 Å². The molecule has 0 spiro atoms. The van der Waals surface area contributed by atoms with Crippen LogP contribution in [-0.4, -0.2) is 63.4 Å². The van der Waals surface area contributed by atoms with E-state index in [0.717, 1.165) is 0 Å². The lowest BCUT2D eigenvalue weighted by Gasteiger charge is -2.38. The van der Waals surface area contributed by atoms with Crippen LogP contribution in [0.5, 0.6) is 0 Å². The van der Waals surface area contributed by atoms with Crippen LogP contribution in [0, 0.1) is 33.5 Å². The van der Waals surface area contributed by atoms with Gasteiger partial charge in [-0.2, -0.15) is 18.4 Å². The van der Waals surface area contributed by atoms with Gasteiger partial charge in [-0.25, -0.2) is 4.98 Å². The van der Waals surface area contributed by atoms with E-state index in [1.165, 1.54) is 25.7 Å². The summed E-state index contributed by atoms with van der Waals surface area (Å²) in [4.78, 5) is 60.1. The quantitative estimate of drug-likeness (QED) is 0.483. The maximum Gasteiger partial charge on any atom is 0.471 e. The zero-order valence-electron chi connectivity index (χ0n) is 23.6. The Bertz CT molecular complexity index is 1510. The van der Waals surface area contributed by atoms with E-state index in [4.69, 9.17) is 0 Å². The highest BCUT2D eigenvalue weighted by molar-refractivity contribution is 5.95. The SMILES string of the molecule is CC(C)(C)[C@H](NC(=O)C(F)(F)F)C(=O)N1C[C@@]2(C)[C@@H]([C@H]1C(=O)N[C@@H](C#N)Cc1nc3ccccc3[nH]c1=O)C2(C)C. The number of likely N-dealkylation sites (tertiary alicyclic amines) is 1. The molecule has 0 bridgehead atoms. The average Bonchev–Trinajstić information content (AvgIpc) is 3.12. The first-order chi connectivity index (χ1) is 18.8. The van der Waals surface area contributed by atoms with Gasteiger partial charge in [0, 0.05) is 18.9 Å². The molecule has 220 valence electrons. The van der Waals surface area contributed by atoms with Crippen LogP contribution in [-0.2, 0) is 20.8 Å². The number of aromatic amines is 1. The number of nitrogens with one attached hydrogen (secondary N) is 3. The van der Waals surface area contributed by atoms with Gasteiger partial charge in [0.2, 0.25) is 11.8 Å². The van der Waals surface area contributed by atoms with Crippen molar-refractivity contribution in [2.75, 3.05) is 6.54 Å². The van der Waals surface area contributed by atoms with E-state index < -0.39 is 58.4 Å². The van der Waals surface area contributed by atoms with Gasteiger partial charge in [-0.3, -0.25) is 19.2 Å². The maximum atomic E-state index is 13.7. The summed E-state index contributed by atoms with van der Waals surface area (Å²) < 4.78 is 39.3. The van der Waals surface area contributed by atoms with E-state index in [1.54, 1.807) is 24.3 Å². The Morgan fingerprint density at radius 3 is 2.39 bits per heavy atom. The molecule has 0 radical (unpaired) electrons. The molecule has 2 heterocycles. The summed E-state index contributed by atoms with van der Waals surface area (Å²) in [5, 5.41) is 14.3. The average molecular weight is 575 g/mol. The third-order valence-corrected chi connectivity index (χ3v) is 8.74. The number of benzene rings is 1. The van der Waals surface area contributed by atoms with Gasteiger partial charge >= 0.3 is 12.1 Å². The van der Waals surface area contributed by atoms with Gasteiger partial charge in [0.1, 0.15) is 23.8 Å². The number of carbonyl (C=O) groups excluding carboxylic acids is 3. The summed E-state index contributed by atoms with van der Waals surface area (Å²) in [6.45, 7) is 10.4. The molecule has 1 saturated carbocycles. The Balaban J connectivity index is 1.60. The second-order valence-electron chi connectivity index (χ2n) is 12.7. The largest absolute Gasteiger partial charge is 0.471 e.